The van der Waals surface area contributed by atoms with Crippen LogP contribution in [0.2, 0.25) is 0 Å². The fourth-order valence-corrected chi connectivity index (χ4v) is 1.31. The Morgan fingerprint density at radius 3 is 1.46 bits per heavy atom. The van der Waals surface area contributed by atoms with Gasteiger partial charge in [0.05, 0.1) is 0 Å². The van der Waals surface area contributed by atoms with Crippen molar-refractivity contribution >= 4 is 0 Å². The van der Waals surface area contributed by atoms with E-state index >= 15 is 0 Å². The van der Waals surface area contributed by atoms with Crippen molar-refractivity contribution < 1.29 is 75.7 Å². The van der Waals surface area contributed by atoms with E-state index in [0.29, 0.717) is 0 Å². The summed E-state index contributed by atoms with van der Waals surface area (Å²) in [7, 11) is 0. The lowest BCUT2D eigenvalue weighted by Gasteiger charge is -2.47. The van der Waals surface area contributed by atoms with E-state index in [1.807, 2.05) is 9.47 Å². The summed E-state index contributed by atoms with van der Waals surface area (Å²) in [5.41, 5.74) is 0. The van der Waals surface area contributed by atoms with Gasteiger partial charge in [-0.2, -0.15) is 39.5 Å². The molecule has 1 rings (SSSR count). The van der Waals surface area contributed by atoms with Crippen LogP contribution in [0.5, 0.6) is 0 Å². The molecule has 0 aromatic heterocycles. The molecule has 0 aromatic carbocycles. The summed E-state index contributed by atoms with van der Waals surface area (Å²) in [6.07, 6.45) is -27.3. The van der Waals surface area contributed by atoms with Gasteiger partial charge < -0.3 is 0 Å². The standard InChI is InChI=1S/C7F14O3/c8-1(9,4(13,14)23-6(17,18)19)3(12)2(10,11)5(15,16)24-7(20,21)22-3. The van der Waals surface area contributed by atoms with Crippen LogP contribution >= 0.6 is 0 Å². The van der Waals surface area contributed by atoms with Crippen LogP contribution in [0, 0.1) is 0 Å². The maximum absolute atomic E-state index is 13.5. The van der Waals surface area contributed by atoms with Gasteiger partial charge in [-0.3, -0.25) is 0 Å². The topological polar surface area (TPSA) is 27.7 Å². The monoisotopic (exact) mass is 398 g/mol. The Bertz CT molecular complexity index is 497. The highest BCUT2D eigenvalue weighted by Crippen LogP contribution is 2.62. The number of hydrogen-bond acceptors (Lipinski definition) is 3. The summed E-state index contributed by atoms with van der Waals surface area (Å²) in [5, 5.41) is 0. The van der Waals surface area contributed by atoms with Crippen molar-refractivity contribution in [2.45, 2.75) is 42.6 Å². The zero-order chi connectivity index (χ0) is 19.6. The Morgan fingerprint density at radius 2 is 1.08 bits per heavy atom. The Hall–Kier alpha value is -1.10. The highest BCUT2D eigenvalue weighted by Gasteiger charge is 2.93. The number of ether oxygens (including phenoxy) is 3. The van der Waals surface area contributed by atoms with Crippen LogP contribution in [0.4, 0.5) is 61.5 Å². The normalized spacial score (nSPS) is 30.2. The van der Waals surface area contributed by atoms with Crippen LogP contribution in [-0.4, -0.2) is 42.6 Å². The molecule has 0 aromatic rings. The van der Waals surface area contributed by atoms with Crippen molar-refractivity contribution in [3.05, 3.63) is 0 Å². The molecule has 3 nitrogen and oxygen atoms in total. The minimum absolute atomic E-state index is 1.37. The van der Waals surface area contributed by atoms with Gasteiger partial charge in [-0.05, 0) is 0 Å². The molecule has 0 aliphatic carbocycles. The van der Waals surface area contributed by atoms with Gasteiger partial charge in [-0.1, -0.05) is 0 Å². The van der Waals surface area contributed by atoms with Gasteiger partial charge in [-0.15, -0.1) is 22.0 Å². The molecule has 0 radical (unpaired) electrons. The largest absolute Gasteiger partial charge is 0.527 e. The van der Waals surface area contributed by atoms with E-state index in [1.54, 1.807) is 0 Å². The smallest absolute Gasteiger partial charge is 0.246 e. The van der Waals surface area contributed by atoms with E-state index in [2.05, 4.69) is 0 Å². The second-order valence-corrected chi connectivity index (χ2v) is 3.99. The first kappa shape index (κ1) is 20.9. The van der Waals surface area contributed by atoms with Crippen molar-refractivity contribution in [3.63, 3.8) is 0 Å². The van der Waals surface area contributed by atoms with Gasteiger partial charge in [0.1, 0.15) is 0 Å². The quantitative estimate of drug-likeness (QED) is 0.666. The number of rotatable bonds is 3. The maximum atomic E-state index is 13.5. The molecule has 0 N–H and O–H groups in total. The van der Waals surface area contributed by atoms with Gasteiger partial charge in [0, 0.05) is 0 Å². The first-order valence-corrected chi connectivity index (χ1v) is 4.87. The highest BCUT2D eigenvalue weighted by molar-refractivity contribution is 5.07. The van der Waals surface area contributed by atoms with Crippen LogP contribution in [0.3, 0.4) is 0 Å². The zero-order valence-electron chi connectivity index (χ0n) is 10.0. The van der Waals surface area contributed by atoms with Crippen molar-refractivity contribution in [2.75, 3.05) is 0 Å². The molecule has 1 heterocycles. The first-order chi connectivity index (χ1) is 10.1. The summed E-state index contributed by atoms with van der Waals surface area (Å²) >= 11 is 0. The van der Waals surface area contributed by atoms with Crippen LogP contribution < -0.4 is 0 Å². The van der Waals surface area contributed by atoms with Gasteiger partial charge in [0.15, 0.2) is 0 Å². The SMILES string of the molecule is FC(F)(F)OC(F)(F)C(F)(F)C1(F)OC(F)(F)OC(F)(F)C1(F)F. The molecule has 1 aliphatic rings. The number of halogens is 14. The minimum atomic E-state index is -7.70. The minimum Gasteiger partial charge on any atom is -0.246 e. The molecular formula is C7F14O3. The van der Waals surface area contributed by atoms with Gasteiger partial charge in [0.2, 0.25) is 0 Å². The zero-order valence-corrected chi connectivity index (χ0v) is 10.0. The van der Waals surface area contributed by atoms with Crippen molar-refractivity contribution in [3.8, 4) is 0 Å². The predicted molar refractivity (Wildman–Crippen MR) is 37.9 cm³/mol. The predicted octanol–water partition coefficient (Wildman–Crippen LogP) is 4.24. The second-order valence-electron chi connectivity index (χ2n) is 3.99. The average Bonchev–Trinajstić information content (AvgIpc) is 2.20. The highest BCUT2D eigenvalue weighted by atomic mass is 19.4. The summed E-state index contributed by atoms with van der Waals surface area (Å²) in [6, 6.07) is 0. The van der Waals surface area contributed by atoms with E-state index in [0.717, 1.165) is 0 Å². The Labute approximate surface area is 120 Å². The lowest BCUT2D eigenvalue weighted by Crippen LogP contribution is -2.76. The van der Waals surface area contributed by atoms with Crippen LogP contribution in [0.1, 0.15) is 0 Å². The third-order valence-corrected chi connectivity index (χ3v) is 2.29. The van der Waals surface area contributed by atoms with Crippen molar-refractivity contribution in [1.82, 2.24) is 0 Å². The Balaban J connectivity index is 3.52. The number of alkyl halides is 14. The Morgan fingerprint density at radius 1 is 0.667 bits per heavy atom. The van der Waals surface area contributed by atoms with Gasteiger partial charge >= 0.3 is 42.6 Å². The van der Waals surface area contributed by atoms with E-state index < -0.39 is 42.6 Å². The summed E-state index contributed by atoms with van der Waals surface area (Å²) in [4.78, 5) is 0. The van der Waals surface area contributed by atoms with E-state index in [4.69, 9.17) is 0 Å². The molecule has 1 aliphatic heterocycles. The fourth-order valence-electron chi connectivity index (χ4n) is 1.31. The lowest BCUT2D eigenvalue weighted by molar-refractivity contribution is -0.626. The van der Waals surface area contributed by atoms with Crippen LogP contribution in [0.15, 0.2) is 0 Å². The molecule has 1 unspecified atom stereocenters. The summed E-state index contributed by atoms with van der Waals surface area (Å²) in [5.74, 6) is -22.4. The average molecular weight is 398 g/mol. The first-order valence-electron chi connectivity index (χ1n) is 4.87. The third kappa shape index (κ3) is 2.96. The van der Waals surface area contributed by atoms with E-state index in [1.165, 1.54) is 4.74 Å². The fraction of sp³-hybridized carbons (Fsp3) is 1.00. The molecule has 0 saturated carbocycles. The Kier molecular flexibility index (Phi) is 4.33. The number of hydrogen-bond donors (Lipinski definition) is 0. The lowest BCUT2D eigenvalue weighted by atomic mass is 9.99. The maximum Gasteiger partial charge on any atom is 0.527 e. The molecule has 0 bridgehead atoms. The summed E-state index contributed by atoms with van der Waals surface area (Å²) < 4.78 is 181. The third-order valence-electron chi connectivity index (χ3n) is 2.29. The second kappa shape index (κ2) is 4.96. The molecule has 1 atom stereocenters. The van der Waals surface area contributed by atoms with Crippen molar-refractivity contribution in [2.24, 2.45) is 0 Å². The van der Waals surface area contributed by atoms with Crippen molar-refractivity contribution in [1.29, 1.82) is 0 Å². The molecular weight excluding hydrogens is 398 g/mol. The van der Waals surface area contributed by atoms with Crippen LogP contribution in [-0.2, 0) is 14.2 Å². The van der Waals surface area contributed by atoms with E-state index in [9.17, 15) is 61.5 Å². The molecule has 144 valence electrons. The molecule has 0 amide bonds. The molecule has 1 saturated heterocycles. The molecule has 17 heteroatoms. The van der Waals surface area contributed by atoms with Gasteiger partial charge in [0.25, 0.3) is 0 Å². The molecule has 0 spiro atoms. The summed E-state index contributed by atoms with van der Waals surface area (Å²) in [6.45, 7) is 0. The van der Waals surface area contributed by atoms with Gasteiger partial charge in [-0.25, -0.2) is 14.2 Å². The van der Waals surface area contributed by atoms with E-state index in [-0.39, 0.29) is 0 Å². The molecule has 1 fully saturated rings. The van der Waals surface area contributed by atoms with Crippen LogP contribution in [0.25, 0.3) is 0 Å². The molecule has 24 heavy (non-hydrogen) atoms.